The Morgan fingerprint density at radius 3 is 2.81 bits per heavy atom. The number of anilines is 1. The Morgan fingerprint density at radius 1 is 1.57 bits per heavy atom. The molecule has 21 heavy (non-hydrogen) atoms. The molecular weight excluding hydrogens is 310 g/mol. The molecule has 0 bridgehead atoms. The smallest absolute Gasteiger partial charge is 0.171 e. The van der Waals surface area contributed by atoms with Crippen LogP contribution < -0.4 is 10.6 Å². The second-order valence-electron chi connectivity index (χ2n) is 5.00. The standard InChI is InChI=1S/C12H21N5O2S2/c1-4-21(18,19)9-7-20-6-5-17(9)12-10(11(13)14)8(2)15-16(12)3/h9H,4-7H2,1-3H3,(H3,13,14). The number of thioether (sulfide) groups is 1. The Balaban J connectivity index is 2.55. The van der Waals surface area contributed by atoms with Crippen molar-refractivity contribution in [2.45, 2.75) is 19.2 Å². The number of nitrogens with zero attached hydrogens (tertiary/aromatic N) is 3. The van der Waals surface area contributed by atoms with Crippen LogP contribution in [-0.2, 0) is 16.9 Å². The number of nitrogens with one attached hydrogen (secondary N) is 1. The summed E-state index contributed by atoms with van der Waals surface area (Å²) in [4.78, 5) is 1.84. The molecule has 3 N–H and O–H groups in total. The molecule has 1 aromatic rings. The summed E-state index contributed by atoms with van der Waals surface area (Å²) in [7, 11) is -1.46. The summed E-state index contributed by atoms with van der Waals surface area (Å²) in [6.45, 7) is 4.04. The first-order chi connectivity index (χ1) is 9.79. The average Bonchev–Trinajstić information content (AvgIpc) is 2.73. The highest BCUT2D eigenvalue weighted by Gasteiger charge is 2.36. The zero-order valence-corrected chi connectivity index (χ0v) is 14.1. The van der Waals surface area contributed by atoms with Gasteiger partial charge in [-0.1, -0.05) is 6.92 Å². The summed E-state index contributed by atoms with van der Waals surface area (Å²) in [5.74, 6) is 2.01. The van der Waals surface area contributed by atoms with E-state index in [1.54, 1.807) is 37.3 Å². The molecule has 1 unspecified atom stereocenters. The van der Waals surface area contributed by atoms with Crippen LogP contribution in [0.2, 0.25) is 0 Å². The number of amidine groups is 1. The zero-order valence-electron chi connectivity index (χ0n) is 12.5. The van der Waals surface area contributed by atoms with Crippen LogP contribution in [-0.4, -0.2) is 53.2 Å². The summed E-state index contributed by atoms with van der Waals surface area (Å²) in [6.07, 6.45) is 0. The van der Waals surface area contributed by atoms with E-state index in [0.29, 0.717) is 29.4 Å². The Morgan fingerprint density at radius 2 is 2.24 bits per heavy atom. The molecule has 1 aromatic heterocycles. The van der Waals surface area contributed by atoms with Gasteiger partial charge in [0.15, 0.2) is 9.84 Å². The zero-order chi connectivity index (χ0) is 15.8. The van der Waals surface area contributed by atoms with Crippen LogP contribution in [0.1, 0.15) is 18.2 Å². The highest BCUT2D eigenvalue weighted by Crippen LogP contribution is 2.31. The monoisotopic (exact) mass is 331 g/mol. The second-order valence-corrected chi connectivity index (χ2v) is 8.59. The van der Waals surface area contributed by atoms with Gasteiger partial charge in [0, 0.05) is 30.9 Å². The van der Waals surface area contributed by atoms with E-state index in [2.05, 4.69) is 5.10 Å². The minimum absolute atomic E-state index is 0.0820. The molecule has 0 spiro atoms. The SMILES string of the molecule is CCS(=O)(=O)C1CSCCN1c1c(C(=N)N)c(C)nn1C. The number of rotatable bonds is 4. The van der Waals surface area contributed by atoms with E-state index in [-0.39, 0.29) is 11.6 Å². The molecule has 1 fully saturated rings. The van der Waals surface area contributed by atoms with E-state index in [9.17, 15) is 8.42 Å². The van der Waals surface area contributed by atoms with Crippen molar-refractivity contribution in [3.63, 3.8) is 0 Å². The van der Waals surface area contributed by atoms with Crippen molar-refractivity contribution in [3.8, 4) is 0 Å². The first-order valence-electron chi connectivity index (χ1n) is 6.73. The van der Waals surface area contributed by atoms with E-state index < -0.39 is 15.2 Å². The van der Waals surface area contributed by atoms with Gasteiger partial charge < -0.3 is 10.6 Å². The van der Waals surface area contributed by atoms with Crippen molar-refractivity contribution < 1.29 is 8.42 Å². The van der Waals surface area contributed by atoms with Crippen LogP contribution in [0.5, 0.6) is 0 Å². The molecule has 118 valence electrons. The van der Waals surface area contributed by atoms with Crippen molar-refractivity contribution in [1.82, 2.24) is 9.78 Å². The number of aromatic nitrogens is 2. The van der Waals surface area contributed by atoms with Crippen molar-refractivity contribution in [1.29, 1.82) is 5.41 Å². The minimum atomic E-state index is -3.22. The average molecular weight is 331 g/mol. The van der Waals surface area contributed by atoms with Gasteiger partial charge in [0.2, 0.25) is 0 Å². The van der Waals surface area contributed by atoms with Gasteiger partial charge in [0.25, 0.3) is 0 Å². The molecule has 0 aromatic carbocycles. The van der Waals surface area contributed by atoms with Gasteiger partial charge in [-0.2, -0.15) is 16.9 Å². The normalized spacial score (nSPS) is 19.8. The molecule has 1 atom stereocenters. The van der Waals surface area contributed by atoms with E-state index in [1.807, 2.05) is 4.90 Å². The largest absolute Gasteiger partial charge is 0.384 e. The van der Waals surface area contributed by atoms with Gasteiger partial charge in [-0.05, 0) is 6.92 Å². The second kappa shape index (κ2) is 5.88. The van der Waals surface area contributed by atoms with Crippen molar-refractivity contribution in [2.75, 3.05) is 28.7 Å². The quantitative estimate of drug-likeness (QED) is 0.608. The van der Waals surface area contributed by atoms with Crippen LogP contribution in [0.25, 0.3) is 0 Å². The first-order valence-corrected chi connectivity index (χ1v) is 9.60. The molecule has 7 nitrogen and oxygen atoms in total. The number of nitrogens with two attached hydrogens (primary N) is 1. The van der Waals surface area contributed by atoms with E-state index in [4.69, 9.17) is 11.1 Å². The topological polar surface area (TPSA) is 105 Å². The summed E-state index contributed by atoms with van der Waals surface area (Å²) in [6, 6.07) is 0. The number of hydrogen-bond acceptors (Lipinski definition) is 6. The number of aryl methyl sites for hydroxylation is 2. The fourth-order valence-electron chi connectivity index (χ4n) is 2.60. The Bertz CT molecular complexity index is 653. The molecule has 0 amide bonds. The van der Waals surface area contributed by atoms with Crippen molar-refractivity contribution in [2.24, 2.45) is 12.8 Å². The van der Waals surface area contributed by atoms with Crippen LogP contribution in [0.3, 0.4) is 0 Å². The highest BCUT2D eigenvalue weighted by molar-refractivity contribution is 8.01. The molecule has 0 saturated carbocycles. The van der Waals surface area contributed by atoms with E-state index in [0.717, 1.165) is 5.75 Å². The molecule has 1 aliphatic heterocycles. The summed E-state index contributed by atoms with van der Waals surface area (Å²) < 4.78 is 26.4. The Labute approximate surface area is 129 Å². The van der Waals surface area contributed by atoms with Gasteiger partial charge in [-0.3, -0.25) is 10.1 Å². The molecule has 1 aliphatic rings. The number of hydrogen-bond donors (Lipinski definition) is 2. The lowest BCUT2D eigenvalue weighted by molar-refractivity contribution is 0.576. The lowest BCUT2D eigenvalue weighted by Gasteiger charge is -2.36. The van der Waals surface area contributed by atoms with E-state index in [1.165, 1.54) is 0 Å². The van der Waals surface area contributed by atoms with Gasteiger partial charge in [0.1, 0.15) is 17.0 Å². The van der Waals surface area contributed by atoms with Crippen molar-refractivity contribution in [3.05, 3.63) is 11.3 Å². The molecule has 0 radical (unpaired) electrons. The van der Waals surface area contributed by atoms with E-state index >= 15 is 0 Å². The molecule has 2 rings (SSSR count). The molecule has 0 aliphatic carbocycles. The fraction of sp³-hybridized carbons (Fsp3) is 0.667. The molecule has 9 heteroatoms. The van der Waals surface area contributed by atoms with Crippen LogP contribution in [0, 0.1) is 12.3 Å². The maximum Gasteiger partial charge on any atom is 0.171 e. The summed E-state index contributed by atoms with van der Waals surface area (Å²) in [5.41, 5.74) is 6.84. The third-order valence-electron chi connectivity index (χ3n) is 3.63. The van der Waals surface area contributed by atoms with Gasteiger partial charge in [-0.15, -0.1) is 0 Å². The predicted molar refractivity (Wildman–Crippen MR) is 86.9 cm³/mol. The molecule has 2 heterocycles. The van der Waals surface area contributed by atoms with Crippen LogP contribution in [0.15, 0.2) is 0 Å². The first kappa shape index (κ1) is 16.2. The van der Waals surface area contributed by atoms with Crippen molar-refractivity contribution >= 4 is 33.3 Å². The Kier molecular flexibility index (Phi) is 4.52. The third-order valence-corrected chi connectivity index (χ3v) is 6.92. The predicted octanol–water partition coefficient (Wildman–Crippen LogP) is 0.327. The summed E-state index contributed by atoms with van der Waals surface area (Å²) in [5, 5.41) is 11.5. The maximum atomic E-state index is 12.4. The van der Waals surface area contributed by atoms with Gasteiger partial charge >= 0.3 is 0 Å². The minimum Gasteiger partial charge on any atom is -0.384 e. The maximum absolute atomic E-state index is 12.4. The van der Waals surface area contributed by atoms with Gasteiger partial charge in [-0.25, -0.2) is 8.42 Å². The number of sulfone groups is 1. The van der Waals surface area contributed by atoms with Crippen LogP contribution >= 0.6 is 11.8 Å². The lowest BCUT2D eigenvalue weighted by atomic mass is 10.2. The van der Waals surface area contributed by atoms with Gasteiger partial charge in [0.05, 0.1) is 11.3 Å². The fourth-order valence-corrected chi connectivity index (χ4v) is 5.57. The lowest BCUT2D eigenvalue weighted by Crippen LogP contribution is -2.49. The summed E-state index contributed by atoms with van der Waals surface area (Å²) >= 11 is 1.64. The third kappa shape index (κ3) is 2.89. The number of nitrogen functional groups attached to an aromatic ring is 1. The Hall–Kier alpha value is -1.22. The molecule has 1 saturated heterocycles. The highest BCUT2D eigenvalue weighted by atomic mass is 32.2. The van der Waals surface area contributed by atoms with Crippen LogP contribution in [0.4, 0.5) is 5.82 Å². The molecular formula is C12H21N5O2S2.